The summed E-state index contributed by atoms with van der Waals surface area (Å²) in [6.45, 7) is 2.51. The molecule has 4 nitrogen and oxygen atoms in total. The van der Waals surface area contributed by atoms with Crippen molar-refractivity contribution in [2.24, 2.45) is 0 Å². The van der Waals surface area contributed by atoms with Crippen molar-refractivity contribution >= 4 is 45.2 Å². The van der Waals surface area contributed by atoms with Crippen LogP contribution >= 0.6 is 34.2 Å². The molecule has 1 unspecified atom stereocenters. The number of aromatic nitrogens is 3. The summed E-state index contributed by atoms with van der Waals surface area (Å²) in [6.07, 6.45) is 1.64. The molecule has 3 rings (SSSR count). The van der Waals surface area contributed by atoms with E-state index in [1.54, 1.807) is 6.20 Å². The van der Waals surface area contributed by atoms with Gasteiger partial charge in [-0.3, -0.25) is 0 Å². The number of hydrogen-bond acceptors (Lipinski definition) is 3. The summed E-state index contributed by atoms with van der Waals surface area (Å²) in [5.41, 5.74) is 2.01. The Hall–Kier alpha value is -1.08. The molecule has 0 aliphatic heterocycles. The van der Waals surface area contributed by atoms with E-state index in [4.69, 9.17) is 16.1 Å². The fourth-order valence-corrected chi connectivity index (χ4v) is 2.71. The van der Waals surface area contributed by atoms with Gasteiger partial charge in [0.2, 0.25) is 0 Å². The third kappa shape index (κ3) is 2.49. The monoisotopic (exact) mass is 387 g/mol. The van der Waals surface area contributed by atoms with E-state index in [0.29, 0.717) is 6.54 Å². The summed E-state index contributed by atoms with van der Waals surface area (Å²) in [6, 6.07) is 8.02. The number of hydrogen-bond donors (Lipinski definition) is 0. The Bertz CT molecular complexity index is 706. The molecule has 3 aromatic rings. The van der Waals surface area contributed by atoms with Crippen LogP contribution in [0.1, 0.15) is 23.9 Å². The summed E-state index contributed by atoms with van der Waals surface area (Å²) in [7, 11) is 0. The first-order valence-electron chi connectivity index (χ1n) is 5.84. The molecule has 1 atom stereocenters. The van der Waals surface area contributed by atoms with E-state index in [0.717, 1.165) is 26.2 Å². The molecule has 0 fully saturated rings. The van der Waals surface area contributed by atoms with Crippen molar-refractivity contribution in [2.45, 2.75) is 18.8 Å². The van der Waals surface area contributed by atoms with Gasteiger partial charge in [0, 0.05) is 9.64 Å². The number of benzene rings is 1. The Morgan fingerprint density at radius 2 is 2.26 bits per heavy atom. The van der Waals surface area contributed by atoms with Crippen molar-refractivity contribution in [2.75, 3.05) is 0 Å². The second kappa shape index (κ2) is 5.13. The van der Waals surface area contributed by atoms with Gasteiger partial charge in [0.15, 0.2) is 5.76 Å². The fourth-order valence-electron chi connectivity index (χ4n) is 2.07. The van der Waals surface area contributed by atoms with Crippen molar-refractivity contribution in [3.8, 4) is 0 Å². The van der Waals surface area contributed by atoms with Crippen LogP contribution in [0.4, 0.5) is 0 Å². The predicted molar refractivity (Wildman–Crippen MR) is 82.3 cm³/mol. The molecule has 2 aromatic heterocycles. The molecule has 0 amide bonds. The quantitative estimate of drug-likeness (QED) is 0.504. The number of halogens is 2. The van der Waals surface area contributed by atoms with Gasteiger partial charge in [-0.1, -0.05) is 5.16 Å². The molecule has 1 aromatic carbocycles. The van der Waals surface area contributed by atoms with Crippen molar-refractivity contribution in [3.05, 3.63) is 45.6 Å². The average Bonchev–Trinajstić information content (AvgIpc) is 2.97. The minimum absolute atomic E-state index is 0.159. The van der Waals surface area contributed by atoms with Crippen molar-refractivity contribution in [3.63, 3.8) is 0 Å². The van der Waals surface area contributed by atoms with Crippen molar-refractivity contribution in [1.82, 2.24) is 14.7 Å². The number of rotatable bonds is 3. The first kappa shape index (κ1) is 12.9. The third-order valence-electron chi connectivity index (χ3n) is 2.90. The molecule has 0 aliphatic carbocycles. The van der Waals surface area contributed by atoms with E-state index in [9.17, 15) is 0 Å². The fraction of sp³-hybridized carbons (Fsp3) is 0.231. The van der Waals surface area contributed by atoms with E-state index in [2.05, 4.69) is 55.5 Å². The van der Waals surface area contributed by atoms with Gasteiger partial charge in [-0.05, 0) is 47.7 Å². The summed E-state index contributed by atoms with van der Waals surface area (Å²) in [4.78, 5) is 4.62. The molecular formula is C13H11ClIN3O. The first-order chi connectivity index (χ1) is 9.15. The zero-order chi connectivity index (χ0) is 13.4. The Labute approximate surface area is 128 Å². The maximum Gasteiger partial charge on any atom is 0.156 e. The number of nitrogens with zero attached hydrogens (tertiary/aromatic N) is 3. The summed E-state index contributed by atoms with van der Waals surface area (Å²) in [5, 5.41) is 3.57. The Kier molecular flexibility index (Phi) is 3.49. The summed E-state index contributed by atoms with van der Waals surface area (Å²) >= 11 is 8.51. The van der Waals surface area contributed by atoms with Gasteiger partial charge in [0.25, 0.3) is 0 Å². The lowest BCUT2D eigenvalue weighted by molar-refractivity contribution is 0.376. The summed E-state index contributed by atoms with van der Waals surface area (Å²) < 4.78 is 8.40. The van der Waals surface area contributed by atoms with E-state index < -0.39 is 0 Å². The highest BCUT2D eigenvalue weighted by Crippen LogP contribution is 2.26. The van der Waals surface area contributed by atoms with Crippen molar-refractivity contribution in [1.29, 1.82) is 0 Å². The average molecular weight is 388 g/mol. The second-order valence-electron chi connectivity index (χ2n) is 4.28. The van der Waals surface area contributed by atoms with Gasteiger partial charge in [-0.2, -0.15) is 0 Å². The van der Waals surface area contributed by atoms with Gasteiger partial charge >= 0.3 is 0 Å². The number of imidazole rings is 1. The first-order valence-corrected chi connectivity index (χ1v) is 7.36. The largest absolute Gasteiger partial charge is 0.359 e. The topological polar surface area (TPSA) is 43.9 Å². The highest BCUT2D eigenvalue weighted by atomic mass is 127. The molecule has 0 bridgehead atoms. The summed E-state index contributed by atoms with van der Waals surface area (Å²) in [5.74, 6) is 1.63. The van der Waals surface area contributed by atoms with Crippen LogP contribution in [0.3, 0.4) is 0 Å². The Morgan fingerprint density at radius 1 is 1.42 bits per heavy atom. The Morgan fingerprint density at radius 3 is 2.95 bits per heavy atom. The van der Waals surface area contributed by atoms with Crippen LogP contribution in [-0.2, 0) is 6.54 Å². The smallest absolute Gasteiger partial charge is 0.156 e. The van der Waals surface area contributed by atoms with Crippen LogP contribution in [0.2, 0.25) is 0 Å². The minimum Gasteiger partial charge on any atom is -0.359 e. The van der Waals surface area contributed by atoms with Gasteiger partial charge in [-0.25, -0.2) is 4.98 Å². The predicted octanol–water partition coefficient (Wildman–Crippen LogP) is 3.98. The van der Waals surface area contributed by atoms with Gasteiger partial charge in [0.1, 0.15) is 5.82 Å². The maximum atomic E-state index is 6.23. The zero-order valence-corrected chi connectivity index (χ0v) is 13.1. The molecule has 6 heteroatoms. The molecule has 2 heterocycles. The van der Waals surface area contributed by atoms with Crippen LogP contribution in [0.25, 0.3) is 11.0 Å². The second-order valence-corrected chi connectivity index (χ2v) is 6.18. The third-order valence-corrected chi connectivity index (χ3v) is 3.77. The highest BCUT2D eigenvalue weighted by Gasteiger charge is 2.16. The van der Waals surface area contributed by atoms with Crippen LogP contribution in [0, 0.1) is 3.57 Å². The lowest BCUT2D eigenvalue weighted by Crippen LogP contribution is -2.05. The van der Waals surface area contributed by atoms with Crippen LogP contribution < -0.4 is 0 Å². The molecule has 0 saturated carbocycles. The van der Waals surface area contributed by atoms with E-state index in [1.807, 2.05) is 13.0 Å². The van der Waals surface area contributed by atoms with Crippen molar-refractivity contribution < 1.29 is 4.52 Å². The van der Waals surface area contributed by atoms with E-state index >= 15 is 0 Å². The lowest BCUT2D eigenvalue weighted by Gasteiger charge is -2.08. The maximum absolute atomic E-state index is 6.23. The van der Waals surface area contributed by atoms with E-state index in [-0.39, 0.29) is 5.38 Å². The Balaban J connectivity index is 2.16. The number of alkyl halides is 1. The highest BCUT2D eigenvalue weighted by molar-refractivity contribution is 14.1. The van der Waals surface area contributed by atoms with Gasteiger partial charge in [-0.15, -0.1) is 11.6 Å². The molecule has 0 radical (unpaired) electrons. The standard InChI is InChI=1S/C13H11ClIN3O/c1-8(14)13-17-11-6-9(15)2-3-12(11)18(13)7-10-4-5-16-19-10/h2-6,8H,7H2,1H3. The molecular weight excluding hydrogens is 377 g/mol. The van der Waals surface area contributed by atoms with Gasteiger partial charge in [0.05, 0.1) is 29.2 Å². The molecule has 19 heavy (non-hydrogen) atoms. The minimum atomic E-state index is -0.159. The molecule has 0 N–H and O–H groups in total. The SMILES string of the molecule is CC(Cl)c1nc2cc(I)ccc2n1Cc1ccno1. The lowest BCUT2D eigenvalue weighted by atomic mass is 10.3. The zero-order valence-electron chi connectivity index (χ0n) is 10.2. The molecule has 0 aliphatic rings. The van der Waals surface area contributed by atoms with Gasteiger partial charge < -0.3 is 9.09 Å². The molecule has 98 valence electrons. The van der Waals surface area contributed by atoms with Crippen LogP contribution in [0.15, 0.2) is 35.0 Å². The number of fused-ring (bicyclic) bond motifs is 1. The van der Waals surface area contributed by atoms with E-state index in [1.165, 1.54) is 0 Å². The molecule has 0 spiro atoms. The van der Waals surface area contributed by atoms with Crippen LogP contribution in [-0.4, -0.2) is 14.7 Å². The normalized spacial score (nSPS) is 13.0. The molecule has 0 saturated heterocycles. The van der Waals surface area contributed by atoms with Crippen LogP contribution in [0.5, 0.6) is 0 Å².